The Morgan fingerprint density at radius 3 is 2.35 bits per heavy atom. The highest BCUT2D eigenvalue weighted by Gasteiger charge is 2.18. The second-order valence-corrected chi connectivity index (χ2v) is 4.34. The van der Waals surface area contributed by atoms with Crippen LogP contribution in [-0.2, 0) is 4.79 Å². The molecule has 1 aromatic carbocycles. The lowest BCUT2D eigenvalue weighted by Gasteiger charge is -2.21. The topological polar surface area (TPSA) is 59.2 Å². The lowest BCUT2D eigenvalue weighted by atomic mass is 10.2. The number of nitrogens with zero attached hydrogens (tertiary/aromatic N) is 2. The summed E-state index contributed by atoms with van der Waals surface area (Å²) >= 11 is 0. The van der Waals surface area contributed by atoms with Crippen LogP contribution in [0, 0.1) is 18.6 Å². The Morgan fingerprint density at radius 1 is 1.25 bits per heavy atom. The number of hydrogen-bond acceptors (Lipinski definition) is 3. The number of hydrogen-bond donors (Lipinski definition) is 1. The number of carbonyl (C=O) groups is 1. The van der Waals surface area contributed by atoms with Crippen molar-refractivity contribution in [1.29, 1.82) is 0 Å². The van der Waals surface area contributed by atoms with Gasteiger partial charge in [0.1, 0.15) is 17.5 Å². The van der Waals surface area contributed by atoms with Crippen LogP contribution in [0.15, 0.2) is 30.5 Å². The third-order valence-electron chi connectivity index (χ3n) is 2.84. The van der Waals surface area contributed by atoms with Crippen molar-refractivity contribution < 1.29 is 13.6 Å². The van der Waals surface area contributed by atoms with E-state index in [4.69, 9.17) is 5.73 Å². The van der Waals surface area contributed by atoms with Crippen molar-refractivity contribution in [1.82, 2.24) is 4.98 Å². The van der Waals surface area contributed by atoms with E-state index in [9.17, 15) is 13.6 Å². The van der Waals surface area contributed by atoms with Gasteiger partial charge >= 0.3 is 0 Å². The molecular weight excluding hydrogens is 264 g/mol. The Morgan fingerprint density at radius 2 is 1.85 bits per heavy atom. The molecule has 104 valence electrons. The monoisotopic (exact) mass is 277 g/mol. The molecule has 0 saturated carbocycles. The van der Waals surface area contributed by atoms with Crippen LogP contribution in [0.5, 0.6) is 0 Å². The molecule has 0 aliphatic rings. The third kappa shape index (κ3) is 2.59. The number of carbonyl (C=O) groups excluding carboxylic acids is 1. The SMILES string of the molecule is CC(=O)N(c1cc(F)c(C)c(F)c1)c1cc(N)ccn1. The second kappa shape index (κ2) is 5.24. The van der Waals surface area contributed by atoms with Crippen molar-refractivity contribution in [3.63, 3.8) is 0 Å². The number of nitrogens with two attached hydrogens (primary N) is 1. The van der Waals surface area contributed by atoms with Gasteiger partial charge in [0.15, 0.2) is 0 Å². The van der Waals surface area contributed by atoms with Gasteiger partial charge in [0, 0.05) is 30.4 Å². The molecule has 2 N–H and O–H groups in total. The Hall–Kier alpha value is -2.50. The van der Waals surface area contributed by atoms with Crippen LogP contribution >= 0.6 is 0 Å². The van der Waals surface area contributed by atoms with E-state index in [0.29, 0.717) is 5.69 Å². The van der Waals surface area contributed by atoms with E-state index >= 15 is 0 Å². The fourth-order valence-corrected chi connectivity index (χ4v) is 1.79. The minimum Gasteiger partial charge on any atom is -0.399 e. The second-order valence-electron chi connectivity index (χ2n) is 4.34. The van der Waals surface area contributed by atoms with Gasteiger partial charge in [0.05, 0.1) is 5.69 Å². The van der Waals surface area contributed by atoms with E-state index in [1.165, 1.54) is 26.1 Å². The van der Waals surface area contributed by atoms with Gasteiger partial charge in [0.2, 0.25) is 5.91 Å². The van der Waals surface area contributed by atoms with Crippen LogP contribution in [0.4, 0.5) is 26.0 Å². The summed E-state index contributed by atoms with van der Waals surface area (Å²) in [5, 5.41) is 0. The summed E-state index contributed by atoms with van der Waals surface area (Å²) in [6, 6.07) is 5.19. The first-order valence-corrected chi connectivity index (χ1v) is 5.88. The van der Waals surface area contributed by atoms with E-state index in [2.05, 4.69) is 4.98 Å². The predicted octanol–water partition coefficient (Wildman–Crippen LogP) is 2.94. The van der Waals surface area contributed by atoms with Crippen molar-refractivity contribution in [2.75, 3.05) is 10.6 Å². The Labute approximate surface area is 114 Å². The average molecular weight is 277 g/mol. The number of halogens is 2. The number of amides is 1. The summed E-state index contributed by atoms with van der Waals surface area (Å²) in [6.07, 6.45) is 1.42. The molecule has 1 heterocycles. The number of anilines is 3. The molecular formula is C14H13F2N3O. The number of rotatable bonds is 2. The van der Waals surface area contributed by atoms with Gasteiger partial charge in [-0.05, 0) is 25.1 Å². The molecule has 0 aliphatic carbocycles. The van der Waals surface area contributed by atoms with Crippen LogP contribution in [0.3, 0.4) is 0 Å². The first-order valence-electron chi connectivity index (χ1n) is 5.88. The van der Waals surface area contributed by atoms with Crippen molar-refractivity contribution in [2.24, 2.45) is 0 Å². The van der Waals surface area contributed by atoms with Gasteiger partial charge < -0.3 is 5.73 Å². The summed E-state index contributed by atoms with van der Waals surface area (Å²) in [4.78, 5) is 16.9. The Balaban J connectivity index is 2.58. The minimum absolute atomic E-state index is 0.0659. The van der Waals surface area contributed by atoms with Crippen LogP contribution < -0.4 is 10.6 Å². The molecule has 0 spiro atoms. The molecule has 0 saturated heterocycles. The van der Waals surface area contributed by atoms with Gasteiger partial charge in [-0.3, -0.25) is 9.69 Å². The fourth-order valence-electron chi connectivity index (χ4n) is 1.79. The zero-order chi connectivity index (χ0) is 14.9. The van der Waals surface area contributed by atoms with E-state index in [1.54, 1.807) is 6.07 Å². The smallest absolute Gasteiger partial charge is 0.229 e. The highest BCUT2D eigenvalue weighted by Crippen LogP contribution is 2.28. The molecule has 6 heteroatoms. The van der Waals surface area contributed by atoms with Crippen molar-refractivity contribution in [3.8, 4) is 0 Å². The predicted molar refractivity (Wildman–Crippen MR) is 72.6 cm³/mol. The van der Waals surface area contributed by atoms with Gasteiger partial charge in [-0.1, -0.05) is 0 Å². The first-order chi connectivity index (χ1) is 9.40. The number of nitrogen functional groups attached to an aromatic ring is 1. The summed E-state index contributed by atoms with van der Waals surface area (Å²) in [7, 11) is 0. The molecule has 0 unspecified atom stereocenters. The number of pyridine rings is 1. The van der Waals surface area contributed by atoms with Crippen molar-refractivity contribution in [2.45, 2.75) is 13.8 Å². The molecule has 1 amide bonds. The van der Waals surface area contributed by atoms with Gasteiger partial charge in [-0.25, -0.2) is 13.8 Å². The molecule has 4 nitrogen and oxygen atoms in total. The van der Waals surface area contributed by atoms with Crippen LogP contribution in [0.2, 0.25) is 0 Å². The minimum atomic E-state index is -0.727. The van der Waals surface area contributed by atoms with E-state index < -0.39 is 17.5 Å². The quantitative estimate of drug-likeness (QED) is 0.918. The Kier molecular flexibility index (Phi) is 3.65. The molecule has 1 aromatic heterocycles. The fraction of sp³-hybridized carbons (Fsp3) is 0.143. The largest absolute Gasteiger partial charge is 0.399 e. The first kappa shape index (κ1) is 13.9. The number of benzene rings is 1. The van der Waals surface area contributed by atoms with Crippen molar-refractivity contribution >= 4 is 23.1 Å². The Bertz CT molecular complexity index is 650. The molecule has 0 aliphatic heterocycles. The van der Waals surface area contributed by atoms with Crippen LogP contribution in [0.1, 0.15) is 12.5 Å². The van der Waals surface area contributed by atoms with E-state index in [-0.39, 0.29) is 17.1 Å². The summed E-state index contributed by atoms with van der Waals surface area (Å²) in [5.74, 6) is -1.67. The molecule has 20 heavy (non-hydrogen) atoms. The lowest BCUT2D eigenvalue weighted by molar-refractivity contribution is -0.115. The highest BCUT2D eigenvalue weighted by atomic mass is 19.1. The van der Waals surface area contributed by atoms with Crippen LogP contribution in [-0.4, -0.2) is 10.9 Å². The molecule has 0 bridgehead atoms. The average Bonchev–Trinajstić information content (AvgIpc) is 2.35. The van der Waals surface area contributed by atoms with Gasteiger partial charge in [0.25, 0.3) is 0 Å². The van der Waals surface area contributed by atoms with Crippen molar-refractivity contribution in [3.05, 3.63) is 47.7 Å². The summed E-state index contributed by atoms with van der Waals surface area (Å²) < 4.78 is 27.3. The standard InChI is InChI=1S/C14H13F2N3O/c1-8-12(15)6-11(7-13(8)16)19(9(2)20)14-5-10(17)3-4-18-14/h3-7H,1-2H3,(H2,17,18). The molecule has 2 aromatic rings. The lowest BCUT2D eigenvalue weighted by Crippen LogP contribution is -2.24. The molecule has 0 radical (unpaired) electrons. The molecule has 0 atom stereocenters. The van der Waals surface area contributed by atoms with Crippen LogP contribution in [0.25, 0.3) is 0 Å². The summed E-state index contributed by atoms with van der Waals surface area (Å²) in [6.45, 7) is 2.60. The van der Waals surface area contributed by atoms with Gasteiger partial charge in [-0.2, -0.15) is 0 Å². The molecule has 0 fully saturated rings. The maximum atomic E-state index is 13.6. The summed E-state index contributed by atoms with van der Waals surface area (Å²) in [5.41, 5.74) is 6.00. The normalized spacial score (nSPS) is 10.4. The van der Waals surface area contributed by atoms with E-state index in [0.717, 1.165) is 17.0 Å². The van der Waals surface area contributed by atoms with E-state index in [1.807, 2.05) is 0 Å². The third-order valence-corrected chi connectivity index (χ3v) is 2.84. The zero-order valence-corrected chi connectivity index (χ0v) is 11.0. The zero-order valence-electron chi connectivity index (χ0n) is 11.0. The molecule has 2 rings (SSSR count). The van der Waals surface area contributed by atoms with Gasteiger partial charge in [-0.15, -0.1) is 0 Å². The number of aromatic nitrogens is 1. The maximum Gasteiger partial charge on any atom is 0.229 e. The maximum absolute atomic E-state index is 13.6. The highest BCUT2D eigenvalue weighted by molar-refractivity contribution is 5.98.